The molecule has 1 aromatic heterocycles. The van der Waals surface area contributed by atoms with Gasteiger partial charge < -0.3 is 25.0 Å². The van der Waals surface area contributed by atoms with Crippen LogP contribution in [0.4, 0.5) is 26.2 Å². The lowest BCUT2D eigenvalue weighted by atomic mass is 10.1. The highest BCUT2D eigenvalue weighted by atomic mass is 19.1. The second kappa shape index (κ2) is 12.1. The maximum absolute atomic E-state index is 13.0. The van der Waals surface area contributed by atoms with Crippen LogP contribution in [0.15, 0.2) is 72.9 Å². The van der Waals surface area contributed by atoms with E-state index in [1.807, 2.05) is 4.90 Å². The second-order valence-electron chi connectivity index (χ2n) is 9.16. The summed E-state index contributed by atoms with van der Waals surface area (Å²) in [6.45, 7) is 9.45. The number of anilines is 2. The molecule has 202 valence electrons. The third kappa shape index (κ3) is 6.45. The number of halogens is 1. The molecule has 0 aliphatic carbocycles. The van der Waals surface area contributed by atoms with Gasteiger partial charge in [0.15, 0.2) is 0 Å². The average Bonchev–Trinajstić information content (AvgIpc) is 3.37. The molecule has 4 aromatic rings. The van der Waals surface area contributed by atoms with E-state index in [0.717, 1.165) is 13.0 Å². The minimum Gasteiger partial charge on any atom is -0.504 e. The van der Waals surface area contributed by atoms with E-state index < -0.39 is 6.03 Å². The largest absolute Gasteiger partial charge is 0.504 e. The van der Waals surface area contributed by atoms with Crippen LogP contribution in [0.25, 0.3) is 15.7 Å². The number of aromatic nitrogens is 1. The lowest BCUT2D eigenvalue weighted by Crippen LogP contribution is -2.26. The van der Waals surface area contributed by atoms with Gasteiger partial charge in [0.1, 0.15) is 23.1 Å². The minimum absolute atomic E-state index is 0.183. The van der Waals surface area contributed by atoms with Gasteiger partial charge >= 0.3 is 6.03 Å². The van der Waals surface area contributed by atoms with E-state index in [9.17, 15) is 14.0 Å². The number of urea groups is 1. The van der Waals surface area contributed by atoms with Crippen LogP contribution >= 0.6 is 0 Å². The molecule has 0 atom stereocenters. The molecule has 10 heteroatoms. The number of carbonyl (C=O) groups excluding carboxylic acids is 2. The molecule has 1 aliphatic heterocycles. The van der Waals surface area contributed by atoms with Gasteiger partial charge in [0.2, 0.25) is 11.6 Å². The van der Waals surface area contributed by atoms with Crippen molar-refractivity contribution in [1.29, 1.82) is 0 Å². The summed E-state index contributed by atoms with van der Waals surface area (Å²) in [4.78, 5) is 33.9. The van der Waals surface area contributed by atoms with Gasteiger partial charge in [-0.2, -0.15) is 0 Å². The van der Waals surface area contributed by atoms with Crippen LogP contribution in [0.1, 0.15) is 19.3 Å². The first-order chi connectivity index (χ1) is 19.5. The first-order valence-corrected chi connectivity index (χ1v) is 12.8. The molecule has 5 rings (SSSR count). The van der Waals surface area contributed by atoms with Gasteiger partial charge in [0.25, 0.3) is 0 Å². The summed E-state index contributed by atoms with van der Waals surface area (Å²) >= 11 is 0. The van der Waals surface area contributed by atoms with Gasteiger partial charge in [-0.3, -0.25) is 9.78 Å². The Kier molecular flexibility index (Phi) is 8.02. The van der Waals surface area contributed by atoms with Gasteiger partial charge in [-0.25, -0.2) is 14.0 Å². The molecule has 1 aliphatic rings. The normalized spacial score (nSPS) is 12.7. The molecule has 0 unspecified atom stereocenters. The third-order valence-corrected chi connectivity index (χ3v) is 6.35. The number of hydrogen-bond donors (Lipinski definition) is 2. The molecule has 9 nitrogen and oxygen atoms in total. The topological polar surface area (TPSA) is 97.2 Å². The van der Waals surface area contributed by atoms with Crippen molar-refractivity contribution < 1.29 is 23.5 Å². The number of nitrogens with zero attached hydrogens (tertiary/aromatic N) is 3. The van der Waals surface area contributed by atoms with Crippen molar-refractivity contribution in [1.82, 2.24) is 9.88 Å². The Morgan fingerprint density at radius 2 is 1.75 bits per heavy atom. The van der Waals surface area contributed by atoms with Gasteiger partial charge in [0.05, 0.1) is 18.7 Å². The zero-order valence-electron chi connectivity index (χ0n) is 21.5. The molecule has 2 N–H and O–H groups in total. The third-order valence-electron chi connectivity index (χ3n) is 6.35. The predicted octanol–water partition coefficient (Wildman–Crippen LogP) is 6.75. The molecule has 0 radical (unpaired) electrons. The smallest absolute Gasteiger partial charge is 0.323 e. The first-order valence-electron chi connectivity index (χ1n) is 12.8. The Hall–Kier alpha value is -5.17. The Morgan fingerprint density at radius 3 is 2.42 bits per heavy atom. The second-order valence-corrected chi connectivity index (χ2v) is 9.16. The van der Waals surface area contributed by atoms with Crippen molar-refractivity contribution in [3.05, 3.63) is 90.2 Å². The summed E-state index contributed by atoms with van der Waals surface area (Å²) in [6.07, 6.45) is 3.81. The molecule has 40 heavy (non-hydrogen) atoms. The maximum atomic E-state index is 13.0. The molecule has 0 bridgehead atoms. The predicted molar refractivity (Wildman–Crippen MR) is 149 cm³/mol. The Balaban J connectivity index is 1.22. The van der Waals surface area contributed by atoms with E-state index in [0.29, 0.717) is 71.2 Å². The SMILES string of the molecule is [C-]#[N+]c1cc2c(Oc3ccc(NC(=O)Nc4ccc(F)cc4)cc3)ccnc2cc1OCCCN1CCCC1=O. The van der Waals surface area contributed by atoms with Gasteiger partial charge in [-0.15, -0.1) is 0 Å². The fraction of sp³-hybridized carbons (Fsp3) is 0.200. The fourth-order valence-electron chi connectivity index (χ4n) is 4.37. The van der Waals surface area contributed by atoms with Crippen LogP contribution in [0.5, 0.6) is 17.2 Å². The van der Waals surface area contributed by atoms with Crippen molar-refractivity contribution in [3.8, 4) is 17.2 Å². The lowest BCUT2D eigenvalue weighted by molar-refractivity contribution is -0.127. The van der Waals surface area contributed by atoms with Gasteiger partial charge in [-0.1, -0.05) is 0 Å². The number of pyridine rings is 1. The van der Waals surface area contributed by atoms with Gasteiger partial charge in [-0.05, 0) is 79.6 Å². The van der Waals surface area contributed by atoms with E-state index in [1.54, 1.807) is 48.7 Å². The zero-order chi connectivity index (χ0) is 27.9. The van der Waals surface area contributed by atoms with E-state index in [-0.39, 0.29) is 11.7 Å². The van der Waals surface area contributed by atoms with Crippen molar-refractivity contribution in [2.24, 2.45) is 0 Å². The number of likely N-dealkylation sites (tertiary alicyclic amines) is 1. The average molecular weight is 540 g/mol. The number of ether oxygens (including phenoxy) is 2. The molecular formula is C30H26FN5O4. The minimum atomic E-state index is -0.463. The highest BCUT2D eigenvalue weighted by Gasteiger charge is 2.19. The van der Waals surface area contributed by atoms with E-state index >= 15 is 0 Å². The molecular weight excluding hydrogens is 513 g/mol. The van der Waals surface area contributed by atoms with Crippen LogP contribution in [0, 0.1) is 12.4 Å². The Morgan fingerprint density at radius 1 is 1.02 bits per heavy atom. The molecule has 1 saturated heterocycles. The number of hydrogen-bond acceptors (Lipinski definition) is 5. The summed E-state index contributed by atoms with van der Waals surface area (Å²) in [6, 6.07) is 16.9. The highest BCUT2D eigenvalue weighted by Crippen LogP contribution is 2.37. The van der Waals surface area contributed by atoms with Crippen molar-refractivity contribution in [2.45, 2.75) is 19.3 Å². The number of carbonyl (C=O) groups is 2. The van der Waals surface area contributed by atoms with E-state index in [1.165, 1.54) is 24.3 Å². The Bertz CT molecular complexity index is 1570. The maximum Gasteiger partial charge on any atom is 0.323 e. The summed E-state index contributed by atoms with van der Waals surface area (Å²) in [5.74, 6) is 1.28. The molecule has 1 fully saturated rings. The number of nitrogens with one attached hydrogen (secondary N) is 2. The standard InChI is InChI=1S/C30H26FN5O4/c1-32-26-18-24-25(19-28(26)39-17-3-16-36-15-2-4-29(36)37)33-14-13-27(24)40-23-11-9-22(10-12-23)35-30(38)34-21-7-5-20(31)6-8-21/h5-14,18-19H,2-4,15-17H2,(H2,34,35,38). The van der Waals surface area contributed by atoms with Crippen LogP contribution < -0.4 is 20.1 Å². The number of benzene rings is 3. The van der Waals surface area contributed by atoms with Crippen molar-refractivity contribution >= 4 is 39.9 Å². The van der Waals surface area contributed by atoms with Crippen LogP contribution in [-0.4, -0.2) is 41.5 Å². The number of amides is 3. The summed E-state index contributed by atoms with van der Waals surface area (Å²) in [5, 5.41) is 6.00. The van der Waals surface area contributed by atoms with Crippen molar-refractivity contribution in [2.75, 3.05) is 30.3 Å². The summed E-state index contributed by atoms with van der Waals surface area (Å²) in [7, 11) is 0. The lowest BCUT2D eigenvalue weighted by Gasteiger charge is -2.16. The van der Waals surface area contributed by atoms with E-state index in [4.69, 9.17) is 16.0 Å². The quantitative estimate of drug-likeness (QED) is 0.181. The van der Waals surface area contributed by atoms with Gasteiger partial charge in [0, 0.05) is 42.5 Å². The molecule has 0 spiro atoms. The summed E-state index contributed by atoms with van der Waals surface area (Å²) in [5.41, 5.74) is 1.96. The zero-order valence-corrected chi connectivity index (χ0v) is 21.5. The fourth-order valence-corrected chi connectivity index (χ4v) is 4.37. The first kappa shape index (κ1) is 26.4. The molecule has 2 heterocycles. The number of rotatable bonds is 9. The number of fused-ring (bicyclic) bond motifs is 1. The van der Waals surface area contributed by atoms with E-state index in [2.05, 4.69) is 20.5 Å². The van der Waals surface area contributed by atoms with Crippen LogP contribution in [0.3, 0.4) is 0 Å². The van der Waals surface area contributed by atoms with Crippen LogP contribution in [0.2, 0.25) is 0 Å². The van der Waals surface area contributed by atoms with Crippen LogP contribution in [-0.2, 0) is 4.79 Å². The monoisotopic (exact) mass is 539 g/mol. The molecule has 3 amide bonds. The highest BCUT2D eigenvalue weighted by molar-refractivity contribution is 5.99. The Labute approximate surface area is 230 Å². The summed E-state index contributed by atoms with van der Waals surface area (Å²) < 4.78 is 25.0. The van der Waals surface area contributed by atoms with Crippen molar-refractivity contribution in [3.63, 3.8) is 0 Å². The molecule has 3 aromatic carbocycles. The molecule has 0 saturated carbocycles.